The zero-order chi connectivity index (χ0) is 12.0. The van der Waals surface area contributed by atoms with Gasteiger partial charge in [-0.15, -0.1) is 0 Å². The molecule has 1 aromatic carbocycles. The lowest BCUT2D eigenvalue weighted by molar-refractivity contribution is 0.0609. The normalized spacial score (nSPS) is 14.9. The molecule has 0 aromatic heterocycles. The number of hydrogen-bond donors (Lipinski definition) is 1. The lowest BCUT2D eigenvalue weighted by Crippen LogP contribution is -2.35. The average molecular weight is 219 g/mol. The smallest absolute Gasteiger partial charge is 0.261 e. The van der Waals surface area contributed by atoms with Crippen LogP contribution in [0.5, 0.6) is 5.75 Å². The van der Waals surface area contributed by atoms with Crippen LogP contribution < -0.4 is 0 Å². The van der Waals surface area contributed by atoms with Gasteiger partial charge in [-0.05, 0) is 38.5 Å². The van der Waals surface area contributed by atoms with E-state index in [1.54, 1.807) is 26.8 Å². The van der Waals surface area contributed by atoms with Crippen LogP contribution in [-0.4, -0.2) is 27.9 Å². The van der Waals surface area contributed by atoms with Crippen LogP contribution in [0.1, 0.15) is 40.1 Å². The molecular weight excluding hydrogens is 206 g/mol. The molecule has 4 heteroatoms. The lowest BCUT2D eigenvalue weighted by atomic mass is 10.1. The van der Waals surface area contributed by atoms with Gasteiger partial charge in [0.05, 0.1) is 11.1 Å². The van der Waals surface area contributed by atoms with E-state index >= 15 is 0 Å². The Hall–Kier alpha value is -1.84. The minimum atomic E-state index is -0.328. The zero-order valence-electron chi connectivity index (χ0n) is 9.44. The highest BCUT2D eigenvalue weighted by atomic mass is 16.3. The Bertz CT molecular complexity index is 450. The fourth-order valence-corrected chi connectivity index (χ4v) is 1.87. The van der Waals surface area contributed by atoms with Crippen molar-refractivity contribution >= 4 is 11.8 Å². The van der Waals surface area contributed by atoms with E-state index in [1.165, 1.54) is 11.0 Å². The molecule has 0 radical (unpaired) electrons. The number of aryl methyl sites for hydroxylation is 1. The van der Waals surface area contributed by atoms with Crippen molar-refractivity contribution in [1.29, 1.82) is 0 Å². The Balaban J connectivity index is 2.60. The summed E-state index contributed by atoms with van der Waals surface area (Å²) in [6, 6.07) is 2.76. The SMILES string of the molecule is Cc1cc2c(cc1O)C(=O)N(C(C)C)C2=O. The molecule has 0 fully saturated rings. The quantitative estimate of drug-likeness (QED) is 0.731. The second kappa shape index (κ2) is 3.33. The molecular formula is C12H13NO3. The third-order valence-corrected chi connectivity index (χ3v) is 2.75. The van der Waals surface area contributed by atoms with Gasteiger partial charge in [-0.2, -0.15) is 0 Å². The number of carbonyl (C=O) groups excluding carboxylic acids is 2. The minimum Gasteiger partial charge on any atom is -0.508 e. The minimum absolute atomic E-state index is 0.0468. The average Bonchev–Trinajstić information content (AvgIpc) is 2.41. The number of hydrogen-bond acceptors (Lipinski definition) is 3. The molecule has 0 atom stereocenters. The molecule has 1 N–H and O–H groups in total. The van der Waals surface area contributed by atoms with Gasteiger partial charge in [0.25, 0.3) is 11.8 Å². The number of phenolic OH excluding ortho intramolecular Hbond substituents is 1. The van der Waals surface area contributed by atoms with Gasteiger partial charge in [-0.1, -0.05) is 0 Å². The Morgan fingerprint density at radius 1 is 1.12 bits per heavy atom. The Morgan fingerprint density at radius 3 is 2.12 bits per heavy atom. The van der Waals surface area contributed by atoms with Gasteiger partial charge in [-0.3, -0.25) is 14.5 Å². The summed E-state index contributed by atoms with van der Waals surface area (Å²) in [7, 11) is 0. The second-order valence-corrected chi connectivity index (χ2v) is 4.26. The Labute approximate surface area is 93.5 Å². The highest BCUT2D eigenvalue weighted by Gasteiger charge is 2.37. The largest absolute Gasteiger partial charge is 0.508 e. The van der Waals surface area contributed by atoms with Crippen molar-refractivity contribution in [3.8, 4) is 5.75 Å². The van der Waals surface area contributed by atoms with Gasteiger partial charge < -0.3 is 5.11 Å². The van der Waals surface area contributed by atoms with Gasteiger partial charge in [0.1, 0.15) is 5.75 Å². The third kappa shape index (κ3) is 1.30. The van der Waals surface area contributed by atoms with Gasteiger partial charge in [0.2, 0.25) is 0 Å². The summed E-state index contributed by atoms with van der Waals surface area (Å²) in [5, 5.41) is 9.53. The maximum Gasteiger partial charge on any atom is 0.261 e. The summed E-state index contributed by atoms with van der Waals surface area (Å²) in [6.45, 7) is 5.27. The van der Waals surface area contributed by atoms with Gasteiger partial charge in [0.15, 0.2) is 0 Å². The van der Waals surface area contributed by atoms with Crippen molar-refractivity contribution in [3.63, 3.8) is 0 Å². The molecule has 0 saturated heterocycles. The number of rotatable bonds is 1. The van der Waals surface area contributed by atoms with Crippen LogP contribution in [0.4, 0.5) is 0 Å². The Morgan fingerprint density at radius 2 is 1.62 bits per heavy atom. The van der Waals surface area contributed by atoms with E-state index in [-0.39, 0.29) is 23.6 Å². The maximum absolute atomic E-state index is 11.9. The van der Waals surface area contributed by atoms with Gasteiger partial charge >= 0.3 is 0 Å². The van der Waals surface area contributed by atoms with Crippen LogP contribution in [0, 0.1) is 6.92 Å². The van der Waals surface area contributed by atoms with Crippen LogP contribution in [0.3, 0.4) is 0 Å². The number of imide groups is 1. The summed E-state index contributed by atoms with van der Waals surface area (Å²) in [4.78, 5) is 25.1. The second-order valence-electron chi connectivity index (χ2n) is 4.26. The van der Waals surface area contributed by atoms with Crippen molar-refractivity contribution in [2.75, 3.05) is 0 Å². The van der Waals surface area contributed by atoms with E-state index in [9.17, 15) is 14.7 Å². The van der Waals surface area contributed by atoms with Crippen LogP contribution in [-0.2, 0) is 0 Å². The monoisotopic (exact) mass is 219 g/mol. The fraction of sp³-hybridized carbons (Fsp3) is 0.333. The molecule has 0 unspecified atom stereocenters. The molecule has 1 heterocycles. The fourth-order valence-electron chi connectivity index (χ4n) is 1.87. The topological polar surface area (TPSA) is 57.6 Å². The van der Waals surface area contributed by atoms with Crippen LogP contribution in [0.15, 0.2) is 12.1 Å². The summed E-state index contributed by atoms with van der Waals surface area (Å²) in [5.74, 6) is -0.561. The number of amides is 2. The van der Waals surface area contributed by atoms with E-state index in [1.807, 2.05) is 0 Å². The van der Waals surface area contributed by atoms with Crippen molar-refractivity contribution in [2.45, 2.75) is 26.8 Å². The molecule has 0 spiro atoms. The van der Waals surface area contributed by atoms with Crippen molar-refractivity contribution < 1.29 is 14.7 Å². The van der Waals surface area contributed by atoms with E-state index in [4.69, 9.17) is 0 Å². The number of aromatic hydroxyl groups is 1. The van der Waals surface area contributed by atoms with E-state index in [2.05, 4.69) is 0 Å². The molecule has 2 amide bonds. The van der Waals surface area contributed by atoms with Crippen LogP contribution >= 0.6 is 0 Å². The van der Waals surface area contributed by atoms with Crippen LogP contribution in [0.25, 0.3) is 0 Å². The summed E-state index contributed by atoms with van der Waals surface area (Å²) < 4.78 is 0. The van der Waals surface area contributed by atoms with Crippen molar-refractivity contribution in [3.05, 3.63) is 28.8 Å². The predicted molar refractivity (Wildman–Crippen MR) is 58.5 cm³/mol. The number of carbonyl (C=O) groups is 2. The third-order valence-electron chi connectivity index (χ3n) is 2.75. The van der Waals surface area contributed by atoms with E-state index in [0.29, 0.717) is 16.7 Å². The summed E-state index contributed by atoms with van der Waals surface area (Å²) >= 11 is 0. The van der Waals surface area contributed by atoms with E-state index in [0.717, 1.165) is 0 Å². The molecule has 1 aliphatic heterocycles. The molecule has 84 valence electrons. The van der Waals surface area contributed by atoms with Gasteiger partial charge in [-0.25, -0.2) is 0 Å². The summed E-state index contributed by atoms with van der Waals surface area (Å²) in [6.07, 6.45) is 0. The molecule has 0 aliphatic carbocycles. The number of phenols is 1. The molecule has 1 aromatic rings. The molecule has 0 bridgehead atoms. The van der Waals surface area contributed by atoms with Crippen LogP contribution in [0.2, 0.25) is 0 Å². The molecule has 1 aliphatic rings. The molecule has 4 nitrogen and oxygen atoms in total. The number of nitrogens with zero attached hydrogens (tertiary/aromatic N) is 1. The first-order chi connectivity index (χ1) is 7.43. The number of fused-ring (bicyclic) bond motifs is 1. The van der Waals surface area contributed by atoms with Crippen molar-refractivity contribution in [2.24, 2.45) is 0 Å². The number of benzene rings is 1. The van der Waals surface area contributed by atoms with E-state index < -0.39 is 0 Å². The molecule has 0 saturated carbocycles. The Kier molecular flexibility index (Phi) is 2.22. The standard InChI is InChI=1S/C12H13NO3/c1-6(2)13-11(15)8-4-7(3)10(14)5-9(8)12(13)16/h4-6,14H,1-3H3. The maximum atomic E-state index is 11.9. The predicted octanol–water partition coefficient (Wildman–Crippen LogP) is 1.71. The first-order valence-electron chi connectivity index (χ1n) is 5.15. The molecule has 2 rings (SSSR count). The molecule has 16 heavy (non-hydrogen) atoms. The van der Waals surface area contributed by atoms with Gasteiger partial charge in [0, 0.05) is 6.04 Å². The highest BCUT2D eigenvalue weighted by molar-refractivity contribution is 6.21. The zero-order valence-corrected chi connectivity index (χ0v) is 9.44. The lowest BCUT2D eigenvalue weighted by Gasteiger charge is -2.17. The first kappa shape index (κ1) is 10.7. The van der Waals surface area contributed by atoms with Crippen molar-refractivity contribution in [1.82, 2.24) is 4.90 Å². The first-order valence-corrected chi connectivity index (χ1v) is 5.15. The summed E-state index contributed by atoms with van der Waals surface area (Å²) in [5.41, 5.74) is 1.28. The highest BCUT2D eigenvalue weighted by Crippen LogP contribution is 2.30.